The van der Waals surface area contributed by atoms with E-state index in [2.05, 4.69) is 5.92 Å². The summed E-state index contributed by atoms with van der Waals surface area (Å²) in [7, 11) is 0. The van der Waals surface area contributed by atoms with Gasteiger partial charge >= 0.3 is 0 Å². The number of hydrogen-bond acceptors (Lipinski definition) is 2. The summed E-state index contributed by atoms with van der Waals surface area (Å²) in [6.45, 7) is 0.231. The van der Waals surface area contributed by atoms with Crippen LogP contribution in [0.25, 0.3) is 0 Å². The highest BCUT2D eigenvalue weighted by Gasteiger charge is 2.20. The maximum atomic E-state index is 11.5. The van der Waals surface area contributed by atoms with Crippen molar-refractivity contribution in [3.05, 3.63) is 23.5 Å². The Balaban J connectivity index is 2.27. The highest BCUT2D eigenvalue weighted by atomic mass is 16.7. The van der Waals surface area contributed by atoms with Crippen molar-refractivity contribution in [1.82, 2.24) is 4.73 Å². The molecular formula is C11H11NO2. The number of nitrogens with zero attached hydrogens (tertiary/aromatic N) is 1. The summed E-state index contributed by atoms with van der Waals surface area (Å²) in [4.78, 5) is 16.7. The molecule has 0 spiro atoms. The van der Waals surface area contributed by atoms with Gasteiger partial charge < -0.3 is 4.84 Å². The van der Waals surface area contributed by atoms with E-state index >= 15 is 0 Å². The number of fused-ring (bicyclic) bond motifs is 1. The molecule has 3 heteroatoms. The van der Waals surface area contributed by atoms with Crippen molar-refractivity contribution < 1.29 is 9.63 Å². The second-order valence-electron chi connectivity index (χ2n) is 3.26. The van der Waals surface area contributed by atoms with E-state index in [1.54, 1.807) is 17.0 Å². The summed E-state index contributed by atoms with van der Waals surface area (Å²) in [5, 5.41) is 0. The molecule has 0 radical (unpaired) electrons. The number of carbonyl (C=O) groups is 1. The lowest BCUT2D eigenvalue weighted by molar-refractivity contribution is 0.0956. The van der Waals surface area contributed by atoms with Crippen LogP contribution in [0.2, 0.25) is 0 Å². The van der Waals surface area contributed by atoms with Crippen molar-refractivity contribution in [3.8, 4) is 12.3 Å². The third kappa shape index (κ3) is 1.39. The molecule has 0 saturated heterocycles. The summed E-state index contributed by atoms with van der Waals surface area (Å²) in [5.41, 5.74) is 1.74. The van der Waals surface area contributed by atoms with E-state index in [0.717, 1.165) is 24.1 Å². The number of ketones is 1. The van der Waals surface area contributed by atoms with Gasteiger partial charge in [0.1, 0.15) is 0 Å². The largest absolute Gasteiger partial charge is 0.401 e. The Morgan fingerprint density at radius 1 is 1.57 bits per heavy atom. The molecule has 3 nitrogen and oxygen atoms in total. The average Bonchev–Trinajstić information content (AvgIpc) is 2.60. The lowest BCUT2D eigenvalue weighted by Gasteiger charge is -2.13. The monoisotopic (exact) mass is 189 g/mol. The second kappa shape index (κ2) is 3.59. The molecular weight excluding hydrogens is 178 g/mol. The molecule has 1 aromatic heterocycles. The number of rotatable bonds is 2. The van der Waals surface area contributed by atoms with Crippen molar-refractivity contribution in [2.24, 2.45) is 0 Å². The predicted molar refractivity (Wildman–Crippen MR) is 52.0 cm³/mol. The molecule has 0 amide bonds. The molecule has 0 bridgehead atoms. The molecule has 0 unspecified atom stereocenters. The maximum Gasteiger partial charge on any atom is 0.175 e. The van der Waals surface area contributed by atoms with Crippen LogP contribution in [0.15, 0.2) is 12.3 Å². The highest BCUT2D eigenvalue weighted by molar-refractivity contribution is 5.98. The van der Waals surface area contributed by atoms with Crippen LogP contribution in [-0.4, -0.2) is 17.1 Å². The topological polar surface area (TPSA) is 31.2 Å². The fourth-order valence-corrected chi connectivity index (χ4v) is 1.72. The lowest BCUT2D eigenvalue weighted by Crippen LogP contribution is -2.18. The second-order valence-corrected chi connectivity index (χ2v) is 3.26. The average molecular weight is 189 g/mol. The first-order valence-corrected chi connectivity index (χ1v) is 4.63. The first-order chi connectivity index (χ1) is 6.83. The predicted octanol–water partition coefficient (Wildman–Crippen LogP) is 1.07. The van der Waals surface area contributed by atoms with Gasteiger partial charge in [0.2, 0.25) is 0 Å². The van der Waals surface area contributed by atoms with Gasteiger partial charge in [-0.1, -0.05) is 5.92 Å². The fraction of sp³-hybridized carbons (Fsp3) is 0.364. The van der Waals surface area contributed by atoms with E-state index < -0.39 is 0 Å². The van der Waals surface area contributed by atoms with E-state index in [4.69, 9.17) is 11.3 Å². The molecule has 72 valence electrons. The molecule has 2 rings (SSSR count). The minimum absolute atomic E-state index is 0.203. The summed E-state index contributed by atoms with van der Waals surface area (Å²) in [5.74, 6) is 2.60. The van der Waals surface area contributed by atoms with Crippen molar-refractivity contribution in [2.45, 2.75) is 19.3 Å². The SMILES string of the molecule is C#CCOn1ccc2c1CCCC2=O. The number of aromatic nitrogens is 1. The third-order valence-corrected chi connectivity index (χ3v) is 2.36. The standard InChI is InChI=1S/C11H11NO2/c1-2-8-14-12-7-6-9-10(12)4-3-5-11(9)13/h1,6-7H,3-5,8H2. The quantitative estimate of drug-likeness (QED) is 0.651. The van der Waals surface area contributed by atoms with Gasteiger partial charge in [0.05, 0.1) is 5.69 Å². The first-order valence-electron chi connectivity index (χ1n) is 4.63. The molecule has 1 aliphatic carbocycles. The van der Waals surface area contributed by atoms with Crippen molar-refractivity contribution >= 4 is 5.78 Å². The Hall–Kier alpha value is -1.69. The van der Waals surface area contributed by atoms with Crippen molar-refractivity contribution in [1.29, 1.82) is 0 Å². The minimum atomic E-state index is 0.203. The highest BCUT2D eigenvalue weighted by Crippen LogP contribution is 2.21. The fourth-order valence-electron chi connectivity index (χ4n) is 1.72. The van der Waals surface area contributed by atoms with Crippen LogP contribution in [-0.2, 0) is 6.42 Å². The lowest BCUT2D eigenvalue weighted by atomic mass is 9.97. The summed E-state index contributed by atoms with van der Waals surface area (Å²) in [6.07, 6.45) is 9.28. The van der Waals surface area contributed by atoms with Crippen LogP contribution in [0, 0.1) is 12.3 Å². The van der Waals surface area contributed by atoms with Crippen LogP contribution < -0.4 is 4.84 Å². The number of Topliss-reactive ketones (excluding diaryl/α,β-unsaturated/α-hetero) is 1. The van der Waals surface area contributed by atoms with Crippen LogP contribution in [0.3, 0.4) is 0 Å². The molecule has 1 heterocycles. The molecule has 14 heavy (non-hydrogen) atoms. The molecule has 0 aromatic carbocycles. The number of carbonyl (C=O) groups excluding carboxylic acids is 1. The Kier molecular flexibility index (Phi) is 2.28. The van der Waals surface area contributed by atoms with Gasteiger partial charge in [-0.25, -0.2) is 0 Å². The molecule has 0 aliphatic heterocycles. The zero-order chi connectivity index (χ0) is 9.97. The van der Waals surface area contributed by atoms with E-state index in [-0.39, 0.29) is 12.4 Å². The van der Waals surface area contributed by atoms with Gasteiger partial charge in [-0.2, -0.15) is 4.73 Å². The number of terminal acetylenes is 1. The molecule has 0 saturated carbocycles. The zero-order valence-corrected chi connectivity index (χ0v) is 7.82. The van der Waals surface area contributed by atoms with E-state index in [0.29, 0.717) is 6.42 Å². The maximum absolute atomic E-state index is 11.5. The van der Waals surface area contributed by atoms with Crippen molar-refractivity contribution in [3.63, 3.8) is 0 Å². The Morgan fingerprint density at radius 3 is 3.21 bits per heavy atom. The van der Waals surface area contributed by atoms with Gasteiger partial charge in [-0.15, -0.1) is 6.42 Å². The Bertz CT molecular complexity index is 398. The van der Waals surface area contributed by atoms with Crippen LogP contribution in [0.4, 0.5) is 0 Å². The normalized spacial score (nSPS) is 14.6. The smallest absolute Gasteiger partial charge is 0.175 e. The van der Waals surface area contributed by atoms with E-state index in [1.807, 2.05) is 0 Å². The molecule has 0 fully saturated rings. The van der Waals surface area contributed by atoms with E-state index in [9.17, 15) is 4.79 Å². The summed E-state index contributed by atoms with van der Waals surface area (Å²) in [6, 6.07) is 1.80. The zero-order valence-electron chi connectivity index (χ0n) is 7.82. The Morgan fingerprint density at radius 2 is 2.43 bits per heavy atom. The molecule has 1 aliphatic rings. The van der Waals surface area contributed by atoms with Gasteiger partial charge in [-0.05, 0) is 18.9 Å². The summed E-state index contributed by atoms with van der Waals surface area (Å²) < 4.78 is 1.62. The molecule has 0 N–H and O–H groups in total. The molecule has 0 atom stereocenters. The van der Waals surface area contributed by atoms with Gasteiger partial charge in [0.25, 0.3) is 0 Å². The Labute approximate surface area is 82.6 Å². The van der Waals surface area contributed by atoms with Gasteiger partial charge in [0, 0.05) is 18.2 Å². The van der Waals surface area contributed by atoms with E-state index in [1.165, 1.54) is 0 Å². The first kappa shape index (κ1) is 8.89. The minimum Gasteiger partial charge on any atom is -0.401 e. The third-order valence-electron chi connectivity index (χ3n) is 2.36. The van der Waals surface area contributed by atoms with Crippen LogP contribution in [0.1, 0.15) is 28.9 Å². The van der Waals surface area contributed by atoms with Gasteiger partial charge in [-0.3, -0.25) is 4.79 Å². The van der Waals surface area contributed by atoms with Crippen LogP contribution in [0.5, 0.6) is 0 Å². The summed E-state index contributed by atoms with van der Waals surface area (Å²) >= 11 is 0. The number of hydrogen-bond donors (Lipinski definition) is 0. The molecule has 1 aromatic rings. The van der Waals surface area contributed by atoms with Crippen LogP contribution >= 0.6 is 0 Å². The van der Waals surface area contributed by atoms with Crippen molar-refractivity contribution in [2.75, 3.05) is 6.61 Å². The van der Waals surface area contributed by atoms with Gasteiger partial charge in [0.15, 0.2) is 12.4 Å².